The Morgan fingerprint density at radius 2 is 2.10 bits per heavy atom. The number of carbonyl (C=O) groups is 1. The second kappa shape index (κ2) is 9.20. The first-order chi connectivity index (χ1) is 15.0. The summed E-state index contributed by atoms with van der Waals surface area (Å²) in [5, 5.41) is 1.02. The van der Waals surface area contributed by atoms with E-state index in [4.69, 9.17) is 4.74 Å². The Kier molecular flexibility index (Phi) is 6.38. The summed E-state index contributed by atoms with van der Waals surface area (Å²) >= 11 is 1.24. The molecule has 2 heterocycles. The second-order valence-corrected chi connectivity index (χ2v) is 8.52. The molecule has 0 radical (unpaired) electrons. The van der Waals surface area contributed by atoms with Gasteiger partial charge in [0.15, 0.2) is 5.16 Å². The zero-order chi connectivity index (χ0) is 22.0. The molecule has 1 aliphatic heterocycles. The van der Waals surface area contributed by atoms with Crippen LogP contribution in [0.5, 0.6) is 0 Å². The van der Waals surface area contributed by atoms with Gasteiger partial charge in [-0.2, -0.15) is 0 Å². The molecule has 1 amide bonds. The Labute approximate surface area is 184 Å². The van der Waals surface area contributed by atoms with Gasteiger partial charge in [-0.1, -0.05) is 23.9 Å². The van der Waals surface area contributed by atoms with E-state index in [2.05, 4.69) is 4.98 Å². The van der Waals surface area contributed by atoms with Crippen molar-refractivity contribution in [3.8, 4) is 0 Å². The van der Waals surface area contributed by atoms with Crippen molar-refractivity contribution >= 4 is 34.3 Å². The molecule has 0 unspecified atom stereocenters. The Bertz CT molecular complexity index is 1180. The fourth-order valence-electron chi connectivity index (χ4n) is 3.93. The maximum atomic E-state index is 13.6. The van der Waals surface area contributed by atoms with Gasteiger partial charge in [-0.3, -0.25) is 14.2 Å². The summed E-state index contributed by atoms with van der Waals surface area (Å²) < 4.78 is 20.4. The van der Waals surface area contributed by atoms with Gasteiger partial charge in [0.05, 0.1) is 29.8 Å². The quantitative estimate of drug-likeness (QED) is 0.432. The molecule has 162 valence electrons. The number of ether oxygens (including phenoxy) is 1. The molecule has 31 heavy (non-hydrogen) atoms. The monoisotopic (exact) mass is 441 g/mol. The topological polar surface area (TPSA) is 64.4 Å². The standard InChI is InChI=1S/C23H24FN3O3S/c1-15-7-8-16-13-17(24)9-10-20(16)27(15)21(28)14-31-23-25-19-6-4-3-5-18(19)22(29)26(23)11-12-30-2/h3-6,9-10,13,15H,7-8,11-12,14H2,1-2H3/t15-/m0/s1. The Morgan fingerprint density at radius 1 is 1.29 bits per heavy atom. The van der Waals surface area contributed by atoms with E-state index in [-0.39, 0.29) is 29.1 Å². The molecule has 3 aromatic rings. The van der Waals surface area contributed by atoms with Crippen molar-refractivity contribution in [2.45, 2.75) is 37.5 Å². The molecule has 0 spiro atoms. The number of aryl methyl sites for hydroxylation is 1. The number of carbonyl (C=O) groups excluding carboxylic acids is 1. The van der Waals surface area contributed by atoms with E-state index in [0.29, 0.717) is 29.2 Å². The number of amides is 1. The number of para-hydroxylation sites is 1. The van der Waals surface area contributed by atoms with Crippen molar-refractivity contribution in [2.75, 3.05) is 24.4 Å². The normalized spacial score (nSPS) is 15.8. The van der Waals surface area contributed by atoms with Crippen LogP contribution < -0.4 is 10.5 Å². The molecule has 0 bridgehead atoms. The first kappa shape index (κ1) is 21.5. The summed E-state index contributed by atoms with van der Waals surface area (Å²) in [6.45, 7) is 2.72. The highest BCUT2D eigenvalue weighted by atomic mass is 32.2. The number of fused-ring (bicyclic) bond motifs is 2. The molecule has 1 aromatic heterocycles. The number of halogens is 1. The van der Waals surface area contributed by atoms with E-state index >= 15 is 0 Å². The summed E-state index contributed by atoms with van der Waals surface area (Å²) in [5.74, 6) is -0.262. The fourth-order valence-corrected chi connectivity index (χ4v) is 4.82. The van der Waals surface area contributed by atoms with Crippen molar-refractivity contribution < 1.29 is 13.9 Å². The largest absolute Gasteiger partial charge is 0.383 e. The molecule has 0 saturated heterocycles. The number of benzene rings is 2. The molecule has 4 rings (SSSR count). The maximum Gasteiger partial charge on any atom is 0.262 e. The van der Waals surface area contributed by atoms with Crippen LogP contribution in [0.15, 0.2) is 52.4 Å². The lowest BCUT2D eigenvalue weighted by atomic mass is 9.96. The number of aromatic nitrogens is 2. The molecule has 0 fully saturated rings. The van der Waals surface area contributed by atoms with Crippen LogP contribution in [0.3, 0.4) is 0 Å². The van der Waals surface area contributed by atoms with Gasteiger partial charge in [0.25, 0.3) is 5.56 Å². The van der Waals surface area contributed by atoms with Crippen molar-refractivity contribution in [1.29, 1.82) is 0 Å². The number of hydrogen-bond donors (Lipinski definition) is 0. The van der Waals surface area contributed by atoms with Crippen LogP contribution in [-0.2, 0) is 22.5 Å². The molecular weight excluding hydrogens is 417 g/mol. The molecule has 1 aliphatic rings. The van der Waals surface area contributed by atoms with Crippen LogP contribution in [0.2, 0.25) is 0 Å². The van der Waals surface area contributed by atoms with E-state index < -0.39 is 0 Å². The molecule has 0 saturated carbocycles. The third kappa shape index (κ3) is 4.36. The summed E-state index contributed by atoms with van der Waals surface area (Å²) in [4.78, 5) is 32.5. The van der Waals surface area contributed by atoms with Gasteiger partial charge in [0.1, 0.15) is 5.82 Å². The van der Waals surface area contributed by atoms with Crippen LogP contribution >= 0.6 is 11.8 Å². The smallest absolute Gasteiger partial charge is 0.262 e. The molecule has 0 N–H and O–H groups in total. The zero-order valence-electron chi connectivity index (χ0n) is 17.5. The number of hydrogen-bond acceptors (Lipinski definition) is 5. The average molecular weight is 442 g/mol. The van der Waals surface area contributed by atoms with Gasteiger partial charge in [0.2, 0.25) is 5.91 Å². The molecular formula is C23H24FN3O3S. The summed E-state index contributed by atoms with van der Waals surface area (Å²) in [7, 11) is 1.58. The number of nitrogens with zero attached hydrogens (tertiary/aromatic N) is 3. The highest BCUT2D eigenvalue weighted by Gasteiger charge is 2.28. The van der Waals surface area contributed by atoms with E-state index in [1.54, 1.807) is 40.8 Å². The third-order valence-corrected chi connectivity index (χ3v) is 6.47. The van der Waals surface area contributed by atoms with Gasteiger partial charge >= 0.3 is 0 Å². The highest BCUT2D eigenvalue weighted by molar-refractivity contribution is 7.99. The van der Waals surface area contributed by atoms with Crippen LogP contribution in [0.25, 0.3) is 10.9 Å². The summed E-state index contributed by atoms with van der Waals surface area (Å²) in [5.41, 5.74) is 2.05. The molecule has 6 nitrogen and oxygen atoms in total. The van der Waals surface area contributed by atoms with Gasteiger partial charge < -0.3 is 9.64 Å². The van der Waals surface area contributed by atoms with Gasteiger partial charge in [-0.25, -0.2) is 9.37 Å². The lowest BCUT2D eigenvalue weighted by Gasteiger charge is -2.35. The van der Waals surface area contributed by atoms with Crippen LogP contribution in [0.1, 0.15) is 18.9 Å². The van der Waals surface area contributed by atoms with E-state index in [1.807, 2.05) is 13.0 Å². The van der Waals surface area contributed by atoms with Crippen molar-refractivity contribution in [3.63, 3.8) is 0 Å². The van der Waals surface area contributed by atoms with E-state index in [9.17, 15) is 14.0 Å². The van der Waals surface area contributed by atoms with Crippen LogP contribution in [0, 0.1) is 5.82 Å². The Balaban J connectivity index is 1.62. The third-order valence-electron chi connectivity index (χ3n) is 5.51. The molecule has 0 aliphatic carbocycles. The van der Waals surface area contributed by atoms with Gasteiger partial charge in [-0.15, -0.1) is 0 Å². The number of methoxy groups -OCH3 is 1. The SMILES string of the molecule is COCCn1c(SCC(=O)N2c3ccc(F)cc3CC[C@@H]2C)nc2ccccc2c1=O. The van der Waals surface area contributed by atoms with E-state index in [1.165, 1.54) is 23.9 Å². The minimum atomic E-state index is -0.294. The highest BCUT2D eigenvalue weighted by Crippen LogP contribution is 2.32. The first-order valence-corrected chi connectivity index (χ1v) is 11.2. The van der Waals surface area contributed by atoms with Crippen molar-refractivity contribution in [1.82, 2.24) is 9.55 Å². The molecule has 8 heteroatoms. The number of anilines is 1. The summed E-state index contributed by atoms with van der Waals surface area (Å²) in [6.07, 6.45) is 1.52. The van der Waals surface area contributed by atoms with Crippen molar-refractivity contribution in [3.05, 3.63) is 64.2 Å². The predicted molar refractivity (Wildman–Crippen MR) is 120 cm³/mol. The fraction of sp³-hybridized carbons (Fsp3) is 0.348. The minimum absolute atomic E-state index is 0.0197. The average Bonchev–Trinajstić information content (AvgIpc) is 2.77. The molecule has 2 aromatic carbocycles. The van der Waals surface area contributed by atoms with Gasteiger partial charge in [0, 0.05) is 18.8 Å². The predicted octanol–water partition coefficient (Wildman–Crippen LogP) is 3.64. The first-order valence-electron chi connectivity index (χ1n) is 10.2. The van der Waals surface area contributed by atoms with Gasteiger partial charge in [-0.05, 0) is 55.7 Å². The lowest BCUT2D eigenvalue weighted by Crippen LogP contribution is -2.43. The van der Waals surface area contributed by atoms with E-state index in [0.717, 1.165) is 24.1 Å². The summed E-state index contributed by atoms with van der Waals surface area (Å²) in [6, 6.07) is 11.8. The maximum absolute atomic E-state index is 13.6. The Morgan fingerprint density at radius 3 is 2.90 bits per heavy atom. The number of rotatable bonds is 6. The van der Waals surface area contributed by atoms with Crippen LogP contribution in [0.4, 0.5) is 10.1 Å². The second-order valence-electron chi connectivity index (χ2n) is 7.57. The van der Waals surface area contributed by atoms with Crippen LogP contribution in [-0.4, -0.2) is 41.0 Å². The Hall–Kier alpha value is -2.71. The zero-order valence-corrected chi connectivity index (χ0v) is 18.3. The molecule has 1 atom stereocenters. The lowest BCUT2D eigenvalue weighted by molar-refractivity contribution is -0.116. The van der Waals surface area contributed by atoms with Crippen molar-refractivity contribution in [2.24, 2.45) is 0 Å². The minimum Gasteiger partial charge on any atom is -0.383 e. The number of thioether (sulfide) groups is 1.